The first-order valence-electron chi connectivity index (χ1n) is 11.3. The van der Waals surface area contributed by atoms with Crippen LogP contribution in [0, 0.1) is 0 Å². The summed E-state index contributed by atoms with van der Waals surface area (Å²) >= 11 is 0. The molecule has 32 heavy (non-hydrogen) atoms. The van der Waals surface area contributed by atoms with Crippen LogP contribution < -0.4 is 19.1 Å². The highest BCUT2D eigenvalue weighted by Gasteiger charge is 2.26. The number of rotatable bonds is 10. The lowest BCUT2D eigenvalue weighted by atomic mass is 9.98. The summed E-state index contributed by atoms with van der Waals surface area (Å²) < 4.78 is 22.2. The van der Waals surface area contributed by atoms with Crippen LogP contribution in [-0.2, 0) is 11.2 Å². The van der Waals surface area contributed by atoms with E-state index in [1.165, 1.54) is 12.8 Å². The van der Waals surface area contributed by atoms with Gasteiger partial charge in [-0.1, -0.05) is 0 Å². The third kappa shape index (κ3) is 5.16. The molecule has 7 nitrogen and oxygen atoms in total. The number of nitrogens with zero attached hydrogens (tertiary/aromatic N) is 2. The second-order valence-corrected chi connectivity index (χ2v) is 8.10. The molecule has 0 atom stereocenters. The molecule has 2 heterocycles. The summed E-state index contributed by atoms with van der Waals surface area (Å²) in [4.78, 5) is 17.4. The summed E-state index contributed by atoms with van der Waals surface area (Å²) in [5, 5.41) is 0. The Kier molecular flexibility index (Phi) is 7.50. The fourth-order valence-electron chi connectivity index (χ4n) is 4.28. The predicted octanol–water partition coefficient (Wildman–Crippen LogP) is 3.40. The molecule has 2 aliphatic heterocycles. The molecule has 0 N–H and O–H groups in total. The molecule has 4 rings (SSSR count). The first kappa shape index (κ1) is 22.4. The Balaban J connectivity index is 1.42. The van der Waals surface area contributed by atoms with Gasteiger partial charge < -0.3 is 23.8 Å². The van der Waals surface area contributed by atoms with Crippen molar-refractivity contribution in [3.05, 3.63) is 47.5 Å². The van der Waals surface area contributed by atoms with Crippen molar-refractivity contribution in [1.29, 1.82) is 0 Å². The number of hydrogen-bond donors (Lipinski definition) is 0. The summed E-state index contributed by atoms with van der Waals surface area (Å²) in [6.07, 6.45) is 3.30. The Bertz CT molecular complexity index is 927. The Morgan fingerprint density at radius 2 is 1.72 bits per heavy atom. The zero-order chi connectivity index (χ0) is 22.3. The molecule has 0 aliphatic carbocycles. The van der Waals surface area contributed by atoms with Crippen LogP contribution in [0.3, 0.4) is 0 Å². The van der Waals surface area contributed by atoms with Crippen LogP contribution in [0.5, 0.6) is 17.2 Å². The summed E-state index contributed by atoms with van der Waals surface area (Å²) in [6, 6.07) is 11.4. The molecular weight excluding hydrogens is 408 g/mol. The number of methoxy groups -OCH3 is 2. The SMILES string of the molecule is COCCOc1ccc2c(c1)CCN(c1ccc(OCCN3CCCC3)c(OC)c1)C2=O. The van der Waals surface area contributed by atoms with Crippen LogP contribution in [0.2, 0.25) is 0 Å². The first-order chi connectivity index (χ1) is 15.7. The summed E-state index contributed by atoms with van der Waals surface area (Å²) in [7, 11) is 3.27. The maximum absolute atomic E-state index is 13.2. The number of likely N-dealkylation sites (tertiary alicyclic amines) is 1. The average molecular weight is 441 g/mol. The normalized spacial score (nSPS) is 16.2. The van der Waals surface area contributed by atoms with Crippen LogP contribution in [0.1, 0.15) is 28.8 Å². The van der Waals surface area contributed by atoms with Gasteiger partial charge in [0, 0.05) is 37.5 Å². The molecule has 0 spiro atoms. The zero-order valence-electron chi connectivity index (χ0n) is 19.0. The second kappa shape index (κ2) is 10.7. The van der Waals surface area contributed by atoms with Gasteiger partial charge in [0.1, 0.15) is 19.0 Å². The highest BCUT2D eigenvalue weighted by molar-refractivity contribution is 6.08. The Morgan fingerprint density at radius 3 is 2.50 bits per heavy atom. The van der Waals surface area contributed by atoms with Crippen molar-refractivity contribution in [2.75, 3.05) is 65.1 Å². The first-order valence-corrected chi connectivity index (χ1v) is 11.3. The lowest BCUT2D eigenvalue weighted by molar-refractivity contribution is 0.0980. The molecule has 0 aromatic heterocycles. The minimum Gasteiger partial charge on any atom is -0.493 e. The predicted molar refractivity (Wildman–Crippen MR) is 123 cm³/mol. The molecule has 172 valence electrons. The number of amides is 1. The topological polar surface area (TPSA) is 60.5 Å². The molecule has 2 aromatic rings. The lowest BCUT2D eigenvalue weighted by Crippen LogP contribution is -2.37. The third-order valence-corrected chi connectivity index (χ3v) is 6.04. The van der Waals surface area contributed by atoms with Gasteiger partial charge in [0.2, 0.25) is 0 Å². The third-order valence-electron chi connectivity index (χ3n) is 6.04. The van der Waals surface area contributed by atoms with Gasteiger partial charge in [0.15, 0.2) is 11.5 Å². The highest BCUT2D eigenvalue weighted by Crippen LogP contribution is 2.34. The van der Waals surface area contributed by atoms with Crippen LogP contribution in [0.15, 0.2) is 36.4 Å². The standard InChI is InChI=1S/C25H32N2O5/c1-29-15-16-31-21-6-7-22-19(17-21)9-12-27(25(22)28)20-5-8-23(24(18-20)30-2)32-14-13-26-10-3-4-11-26/h5-8,17-18H,3-4,9-16H2,1-2H3. The fraction of sp³-hybridized carbons (Fsp3) is 0.480. The van der Waals surface area contributed by atoms with E-state index in [1.807, 2.05) is 36.4 Å². The number of benzene rings is 2. The van der Waals surface area contributed by atoms with Gasteiger partial charge in [-0.3, -0.25) is 9.69 Å². The molecule has 2 aromatic carbocycles. The summed E-state index contributed by atoms with van der Waals surface area (Å²) in [5.74, 6) is 2.10. The van der Waals surface area contributed by atoms with E-state index < -0.39 is 0 Å². The smallest absolute Gasteiger partial charge is 0.258 e. The Labute approximate surface area is 189 Å². The maximum Gasteiger partial charge on any atom is 0.258 e. The Hall–Kier alpha value is -2.77. The molecule has 0 bridgehead atoms. The van der Waals surface area contributed by atoms with E-state index in [0.717, 1.165) is 43.1 Å². The number of anilines is 1. The van der Waals surface area contributed by atoms with E-state index in [9.17, 15) is 4.79 Å². The van der Waals surface area contributed by atoms with E-state index in [-0.39, 0.29) is 5.91 Å². The van der Waals surface area contributed by atoms with Crippen LogP contribution in [0.25, 0.3) is 0 Å². The summed E-state index contributed by atoms with van der Waals surface area (Å²) in [6.45, 7) is 5.47. The quantitative estimate of drug-likeness (QED) is 0.528. The van der Waals surface area contributed by atoms with Gasteiger partial charge in [-0.25, -0.2) is 0 Å². The number of carbonyl (C=O) groups is 1. The average Bonchev–Trinajstić information content (AvgIpc) is 3.33. The minimum atomic E-state index is -0.0144. The monoisotopic (exact) mass is 440 g/mol. The van der Waals surface area contributed by atoms with E-state index in [0.29, 0.717) is 43.4 Å². The number of carbonyl (C=O) groups excluding carboxylic acids is 1. The van der Waals surface area contributed by atoms with E-state index in [4.69, 9.17) is 18.9 Å². The molecule has 0 unspecified atom stereocenters. The van der Waals surface area contributed by atoms with E-state index in [2.05, 4.69) is 4.90 Å². The molecule has 7 heteroatoms. The van der Waals surface area contributed by atoms with Crippen molar-refractivity contribution < 1.29 is 23.7 Å². The maximum atomic E-state index is 13.2. The van der Waals surface area contributed by atoms with Crippen molar-refractivity contribution in [3.63, 3.8) is 0 Å². The van der Waals surface area contributed by atoms with Crippen molar-refractivity contribution >= 4 is 11.6 Å². The molecule has 0 saturated carbocycles. The molecule has 0 radical (unpaired) electrons. The number of fused-ring (bicyclic) bond motifs is 1. The molecule has 1 fully saturated rings. The van der Waals surface area contributed by atoms with Crippen molar-refractivity contribution in [3.8, 4) is 17.2 Å². The lowest BCUT2D eigenvalue weighted by Gasteiger charge is -2.29. The molecule has 2 aliphatic rings. The van der Waals surface area contributed by atoms with E-state index >= 15 is 0 Å². The molecule has 1 saturated heterocycles. The van der Waals surface area contributed by atoms with Gasteiger partial charge >= 0.3 is 0 Å². The fourth-order valence-corrected chi connectivity index (χ4v) is 4.28. The van der Waals surface area contributed by atoms with E-state index in [1.54, 1.807) is 19.1 Å². The summed E-state index contributed by atoms with van der Waals surface area (Å²) in [5.41, 5.74) is 2.53. The Morgan fingerprint density at radius 1 is 0.875 bits per heavy atom. The van der Waals surface area contributed by atoms with Crippen LogP contribution in [0.4, 0.5) is 5.69 Å². The van der Waals surface area contributed by atoms with Gasteiger partial charge in [-0.05, 0) is 68.2 Å². The zero-order valence-corrected chi connectivity index (χ0v) is 19.0. The molecular formula is C25H32N2O5. The van der Waals surface area contributed by atoms with Gasteiger partial charge in [0.05, 0.1) is 13.7 Å². The number of ether oxygens (including phenoxy) is 4. The minimum absolute atomic E-state index is 0.0144. The van der Waals surface area contributed by atoms with Crippen molar-refractivity contribution in [2.45, 2.75) is 19.3 Å². The van der Waals surface area contributed by atoms with Gasteiger partial charge in [0.25, 0.3) is 5.91 Å². The van der Waals surface area contributed by atoms with Crippen LogP contribution in [-0.4, -0.2) is 71.0 Å². The number of hydrogen-bond acceptors (Lipinski definition) is 6. The highest BCUT2D eigenvalue weighted by atomic mass is 16.5. The second-order valence-electron chi connectivity index (χ2n) is 8.10. The van der Waals surface area contributed by atoms with Crippen LogP contribution >= 0.6 is 0 Å². The largest absolute Gasteiger partial charge is 0.493 e. The molecule has 1 amide bonds. The van der Waals surface area contributed by atoms with Crippen molar-refractivity contribution in [2.24, 2.45) is 0 Å². The van der Waals surface area contributed by atoms with Gasteiger partial charge in [-0.15, -0.1) is 0 Å². The van der Waals surface area contributed by atoms with Crippen molar-refractivity contribution in [1.82, 2.24) is 4.90 Å². The van der Waals surface area contributed by atoms with Gasteiger partial charge in [-0.2, -0.15) is 0 Å².